The molecule has 0 radical (unpaired) electrons. The second kappa shape index (κ2) is 5.54. The van der Waals surface area contributed by atoms with Gasteiger partial charge in [0.25, 0.3) is 5.88 Å². The van der Waals surface area contributed by atoms with Crippen molar-refractivity contribution in [3.63, 3.8) is 0 Å². The molecule has 0 fully saturated rings. The Kier molecular flexibility index (Phi) is 3.80. The highest BCUT2D eigenvalue weighted by molar-refractivity contribution is 5.54. The minimum atomic E-state index is -0.539. The largest absolute Gasteiger partial charge is 0.429 e. The number of hydrogen-bond acceptors (Lipinski definition) is 6. The highest BCUT2D eigenvalue weighted by atomic mass is 16.6. The molecule has 0 saturated carbocycles. The molecule has 0 atom stereocenters. The van der Waals surface area contributed by atoms with E-state index in [0.717, 1.165) is 0 Å². The fourth-order valence-corrected chi connectivity index (χ4v) is 1.80. The molecular formula is C14H12N4O3. The lowest BCUT2D eigenvalue weighted by Gasteiger charge is -2.10. The Balaban J connectivity index is 2.57. The normalized spacial score (nSPS) is 10.0. The molecule has 2 aromatic rings. The van der Waals surface area contributed by atoms with Gasteiger partial charge in [-0.05, 0) is 31.9 Å². The van der Waals surface area contributed by atoms with E-state index in [2.05, 4.69) is 10.2 Å². The van der Waals surface area contributed by atoms with E-state index in [1.54, 1.807) is 32.9 Å². The quantitative estimate of drug-likeness (QED) is 0.634. The maximum atomic E-state index is 11.1. The Labute approximate surface area is 121 Å². The number of benzene rings is 1. The second-order valence-corrected chi connectivity index (χ2v) is 4.48. The van der Waals surface area contributed by atoms with Crippen LogP contribution in [0, 0.1) is 42.2 Å². The fraction of sp³-hybridized carbons (Fsp3) is 0.214. The van der Waals surface area contributed by atoms with E-state index in [1.165, 1.54) is 6.07 Å². The lowest BCUT2D eigenvalue weighted by molar-refractivity contribution is -0.385. The van der Waals surface area contributed by atoms with Crippen LogP contribution in [0.2, 0.25) is 0 Å². The molecular weight excluding hydrogens is 272 g/mol. The highest BCUT2D eigenvalue weighted by Gasteiger charge is 2.21. The van der Waals surface area contributed by atoms with Crippen LogP contribution in [-0.4, -0.2) is 15.1 Å². The summed E-state index contributed by atoms with van der Waals surface area (Å²) < 4.78 is 5.52. The zero-order valence-corrected chi connectivity index (χ0v) is 11.7. The van der Waals surface area contributed by atoms with Crippen LogP contribution in [0.15, 0.2) is 18.2 Å². The molecule has 0 aliphatic rings. The van der Waals surface area contributed by atoms with Gasteiger partial charge in [-0.2, -0.15) is 10.4 Å². The SMILES string of the molecule is Cc1cccc([N+](=O)[O-])c1Oc1nnc(C)c(C)c1C#N. The summed E-state index contributed by atoms with van der Waals surface area (Å²) in [4.78, 5) is 10.5. The number of aryl methyl sites for hydroxylation is 2. The van der Waals surface area contributed by atoms with E-state index in [1.807, 2.05) is 6.07 Å². The van der Waals surface area contributed by atoms with Crippen molar-refractivity contribution in [1.29, 1.82) is 5.26 Å². The summed E-state index contributed by atoms with van der Waals surface area (Å²) in [5.74, 6) is 0.0366. The minimum absolute atomic E-state index is 0.0296. The highest BCUT2D eigenvalue weighted by Crippen LogP contribution is 2.35. The Morgan fingerprint density at radius 3 is 2.62 bits per heavy atom. The molecule has 0 N–H and O–H groups in total. The number of aromatic nitrogens is 2. The molecule has 1 aromatic carbocycles. The van der Waals surface area contributed by atoms with Gasteiger partial charge >= 0.3 is 5.69 Å². The third-order valence-corrected chi connectivity index (χ3v) is 3.12. The van der Waals surface area contributed by atoms with Gasteiger partial charge in [0, 0.05) is 6.07 Å². The molecule has 0 amide bonds. The monoisotopic (exact) mass is 284 g/mol. The van der Waals surface area contributed by atoms with Crippen LogP contribution in [0.25, 0.3) is 0 Å². The van der Waals surface area contributed by atoms with Crippen LogP contribution in [0.1, 0.15) is 22.4 Å². The number of hydrogen-bond donors (Lipinski definition) is 0. The molecule has 0 spiro atoms. The summed E-state index contributed by atoms with van der Waals surface area (Å²) in [6.07, 6.45) is 0. The maximum Gasteiger partial charge on any atom is 0.311 e. The summed E-state index contributed by atoms with van der Waals surface area (Å²) in [6, 6.07) is 6.58. The van der Waals surface area contributed by atoms with Gasteiger partial charge < -0.3 is 4.74 Å². The first-order chi connectivity index (χ1) is 9.95. The van der Waals surface area contributed by atoms with Crippen LogP contribution >= 0.6 is 0 Å². The zero-order chi connectivity index (χ0) is 15.6. The smallest absolute Gasteiger partial charge is 0.311 e. The molecule has 1 aromatic heterocycles. The van der Waals surface area contributed by atoms with Crippen molar-refractivity contribution < 1.29 is 9.66 Å². The van der Waals surface area contributed by atoms with Crippen LogP contribution in [-0.2, 0) is 0 Å². The molecule has 106 valence electrons. The topological polar surface area (TPSA) is 102 Å². The summed E-state index contributed by atoms with van der Waals surface area (Å²) >= 11 is 0. The van der Waals surface area contributed by atoms with Crippen molar-refractivity contribution in [2.45, 2.75) is 20.8 Å². The summed E-state index contributed by atoms with van der Waals surface area (Å²) in [6.45, 7) is 5.13. The molecule has 0 saturated heterocycles. The van der Waals surface area contributed by atoms with Gasteiger partial charge in [-0.1, -0.05) is 12.1 Å². The summed E-state index contributed by atoms with van der Waals surface area (Å²) in [7, 11) is 0. The van der Waals surface area contributed by atoms with Crippen LogP contribution in [0.5, 0.6) is 11.6 Å². The average molecular weight is 284 g/mol. The van der Waals surface area contributed by atoms with Gasteiger partial charge in [-0.15, -0.1) is 5.10 Å². The first kappa shape index (κ1) is 14.4. The summed E-state index contributed by atoms with van der Waals surface area (Å²) in [5.41, 5.74) is 1.86. The van der Waals surface area contributed by atoms with Gasteiger partial charge in [0.05, 0.1) is 10.6 Å². The summed E-state index contributed by atoms with van der Waals surface area (Å²) in [5, 5.41) is 28.0. The third-order valence-electron chi connectivity index (χ3n) is 3.12. The van der Waals surface area contributed by atoms with Crippen molar-refractivity contribution in [2.75, 3.05) is 0 Å². The Morgan fingerprint density at radius 1 is 1.29 bits per heavy atom. The maximum absolute atomic E-state index is 11.1. The number of rotatable bonds is 3. The molecule has 2 rings (SSSR count). The molecule has 0 bridgehead atoms. The predicted octanol–water partition coefficient (Wildman–Crippen LogP) is 2.97. The number of nitriles is 1. The lowest BCUT2D eigenvalue weighted by atomic mass is 10.1. The van der Waals surface area contributed by atoms with Crippen molar-refractivity contribution in [3.8, 4) is 17.7 Å². The van der Waals surface area contributed by atoms with Gasteiger partial charge in [-0.25, -0.2) is 0 Å². The van der Waals surface area contributed by atoms with Crippen molar-refractivity contribution in [3.05, 3.63) is 50.7 Å². The number of nitro groups is 1. The Morgan fingerprint density at radius 2 is 2.00 bits per heavy atom. The first-order valence-electron chi connectivity index (χ1n) is 6.11. The van der Waals surface area contributed by atoms with Crippen LogP contribution in [0.3, 0.4) is 0 Å². The van der Waals surface area contributed by atoms with Gasteiger partial charge in [0.1, 0.15) is 11.6 Å². The molecule has 1 heterocycles. The van der Waals surface area contributed by atoms with Crippen LogP contribution in [0.4, 0.5) is 5.69 Å². The number of para-hydroxylation sites is 1. The first-order valence-corrected chi connectivity index (χ1v) is 6.11. The molecule has 7 heteroatoms. The molecule has 0 unspecified atom stereocenters. The molecule has 0 aliphatic heterocycles. The van der Waals surface area contributed by atoms with Crippen LogP contribution < -0.4 is 4.74 Å². The van der Waals surface area contributed by atoms with E-state index < -0.39 is 4.92 Å². The van der Waals surface area contributed by atoms with Gasteiger partial charge in [0.2, 0.25) is 5.75 Å². The fourth-order valence-electron chi connectivity index (χ4n) is 1.80. The second-order valence-electron chi connectivity index (χ2n) is 4.48. The van der Waals surface area contributed by atoms with Gasteiger partial charge in [0.15, 0.2) is 0 Å². The third kappa shape index (κ3) is 2.65. The average Bonchev–Trinajstić information content (AvgIpc) is 2.45. The Bertz CT molecular complexity index is 766. The van der Waals surface area contributed by atoms with Crippen molar-refractivity contribution in [1.82, 2.24) is 10.2 Å². The van der Waals surface area contributed by atoms with E-state index in [9.17, 15) is 15.4 Å². The predicted molar refractivity (Wildman–Crippen MR) is 74.1 cm³/mol. The minimum Gasteiger partial charge on any atom is -0.429 e. The van der Waals surface area contributed by atoms with Crippen molar-refractivity contribution >= 4 is 5.69 Å². The van der Waals surface area contributed by atoms with E-state index in [-0.39, 0.29) is 22.9 Å². The van der Waals surface area contributed by atoms with Gasteiger partial charge in [-0.3, -0.25) is 10.1 Å². The Hall–Kier alpha value is -3.01. The number of nitrogens with zero attached hydrogens (tertiary/aromatic N) is 4. The molecule has 21 heavy (non-hydrogen) atoms. The standard InChI is InChI=1S/C14H12N4O3/c1-8-5-4-6-12(18(19)20)13(8)21-14-11(7-15)9(2)10(3)16-17-14/h4-6H,1-3H3. The zero-order valence-electron chi connectivity index (χ0n) is 11.7. The van der Waals surface area contributed by atoms with E-state index in [0.29, 0.717) is 16.8 Å². The molecule has 7 nitrogen and oxygen atoms in total. The lowest BCUT2D eigenvalue weighted by Crippen LogP contribution is -2.02. The number of ether oxygens (including phenoxy) is 1. The van der Waals surface area contributed by atoms with E-state index >= 15 is 0 Å². The van der Waals surface area contributed by atoms with E-state index in [4.69, 9.17) is 4.74 Å². The van der Waals surface area contributed by atoms with Crippen molar-refractivity contribution in [2.24, 2.45) is 0 Å². The number of nitro benzene ring substituents is 1. The molecule has 0 aliphatic carbocycles.